The summed E-state index contributed by atoms with van der Waals surface area (Å²) < 4.78 is 4.79. The molecule has 2 unspecified atom stereocenters. The largest absolute Gasteiger partial charge is 0.364 e. The first kappa shape index (κ1) is 10.6. The number of hydrogen-bond acceptors (Lipinski definition) is 4. The van der Waals surface area contributed by atoms with E-state index in [1.54, 1.807) is 6.26 Å². The van der Waals surface area contributed by atoms with Crippen molar-refractivity contribution < 1.29 is 4.52 Å². The molecule has 2 atom stereocenters. The zero-order chi connectivity index (χ0) is 10.5. The molecule has 0 aliphatic heterocycles. The van der Waals surface area contributed by atoms with Gasteiger partial charge in [0.15, 0.2) is 0 Å². The minimum Gasteiger partial charge on any atom is -0.364 e. The molecule has 1 aromatic heterocycles. The van der Waals surface area contributed by atoms with Gasteiger partial charge in [0.2, 0.25) is 0 Å². The molecule has 84 valence electrons. The Morgan fingerprint density at radius 3 is 3.07 bits per heavy atom. The molecule has 1 heterocycles. The number of nitrogens with two attached hydrogens (primary N) is 1. The first-order valence-electron chi connectivity index (χ1n) is 5.73. The summed E-state index contributed by atoms with van der Waals surface area (Å²) in [7, 11) is 0. The molecule has 0 radical (unpaired) electrons. The van der Waals surface area contributed by atoms with Crippen LogP contribution in [0.4, 0.5) is 0 Å². The molecule has 3 N–H and O–H groups in total. The Labute approximate surface area is 90.2 Å². The lowest BCUT2D eigenvalue weighted by Gasteiger charge is -2.31. The highest BCUT2D eigenvalue weighted by atomic mass is 16.5. The number of hydrogen-bond donors (Lipinski definition) is 2. The van der Waals surface area contributed by atoms with Gasteiger partial charge in [-0.2, -0.15) is 0 Å². The van der Waals surface area contributed by atoms with E-state index in [1.807, 2.05) is 6.07 Å². The quantitative estimate of drug-likeness (QED) is 0.784. The molecule has 2 rings (SSSR count). The standard InChI is InChI=1S/C11H19N3O/c12-7-9-3-1-2-4-11(9)13-8-10-5-6-15-14-10/h5-6,9,11,13H,1-4,7-8,12H2. The van der Waals surface area contributed by atoms with Crippen LogP contribution in [0.5, 0.6) is 0 Å². The number of aromatic nitrogens is 1. The summed E-state index contributed by atoms with van der Waals surface area (Å²) in [6, 6.07) is 2.45. The van der Waals surface area contributed by atoms with Crippen LogP contribution in [0.1, 0.15) is 31.4 Å². The van der Waals surface area contributed by atoms with Crippen molar-refractivity contribution in [2.24, 2.45) is 11.7 Å². The van der Waals surface area contributed by atoms with E-state index in [0.29, 0.717) is 12.0 Å². The van der Waals surface area contributed by atoms with Gasteiger partial charge in [-0.1, -0.05) is 18.0 Å². The van der Waals surface area contributed by atoms with E-state index in [0.717, 1.165) is 18.8 Å². The van der Waals surface area contributed by atoms with Crippen molar-refractivity contribution in [3.63, 3.8) is 0 Å². The van der Waals surface area contributed by atoms with Gasteiger partial charge in [0.05, 0.1) is 5.69 Å². The SMILES string of the molecule is NCC1CCCCC1NCc1ccon1. The normalized spacial score (nSPS) is 26.7. The molecule has 0 spiro atoms. The lowest BCUT2D eigenvalue weighted by Crippen LogP contribution is -2.41. The Bertz CT molecular complexity index is 273. The van der Waals surface area contributed by atoms with E-state index < -0.39 is 0 Å². The van der Waals surface area contributed by atoms with E-state index in [9.17, 15) is 0 Å². The molecule has 0 aromatic carbocycles. The molecule has 4 nitrogen and oxygen atoms in total. The van der Waals surface area contributed by atoms with Crippen molar-refractivity contribution >= 4 is 0 Å². The van der Waals surface area contributed by atoms with Gasteiger partial charge in [-0.25, -0.2) is 0 Å². The number of nitrogens with zero attached hydrogens (tertiary/aromatic N) is 1. The number of nitrogens with one attached hydrogen (secondary N) is 1. The maximum absolute atomic E-state index is 5.77. The summed E-state index contributed by atoms with van der Waals surface area (Å²) in [6.07, 6.45) is 6.74. The van der Waals surface area contributed by atoms with Gasteiger partial charge in [0.1, 0.15) is 6.26 Å². The summed E-state index contributed by atoms with van der Waals surface area (Å²) in [6.45, 7) is 1.58. The molecule has 0 bridgehead atoms. The first-order valence-corrected chi connectivity index (χ1v) is 5.73. The fraction of sp³-hybridized carbons (Fsp3) is 0.727. The van der Waals surface area contributed by atoms with Crippen LogP contribution < -0.4 is 11.1 Å². The van der Waals surface area contributed by atoms with Crippen molar-refractivity contribution in [3.8, 4) is 0 Å². The van der Waals surface area contributed by atoms with Crippen LogP contribution in [0.3, 0.4) is 0 Å². The van der Waals surface area contributed by atoms with Gasteiger partial charge in [-0.15, -0.1) is 0 Å². The third kappa shape index (κ3) is 2.79. The fourth-order valence-corrected chi connectivity index (χ4v) is 2.32. The molecule has 1 aliphatic carbocycles. The second kappa shape index (κ2) is 5.28. The Kier molecular flexibility index (Phi) is 3.75. The summed E-state index contributed by atoms with van der Waals surface area (Å²) >= 11 is 0. The van der Waals surface area contributed by atoms with Crippen molar-refractivity contribution in [3.05, 3.63) is 18.0 Å². The highest BCUT2D eigenvalue weighted by molar-refractivity contribution is 4.95. The number of rotatable bonds is 4. The smallest absolute Gasteiger partial charge is 0.124 e. The van der Waals surface area contributed by atoms with Gasteiger partial charge < -0.3 is 15.6 Å². The fourth-order valence-electron chi connectivity index (χ4n) is 2.32. The Hall–Kier alpha value is -0.870. The zero-order valence-electron chi connectivity index (χ0n) is 8.98. The highest BCUT2D eigenvalue weighted by Gasteiger charge is 2.23. The van der Waals surface area contributed by atoms with Crippen LogP contribution in [0.25, 0.3) is 0 Å². The van der Waals surface area contributed by atoms with E-state index >= 15 is 0 Å². The highest BCUT2D eigenvalue weighted by Crippen LogP contribution is 2.23. The summed E-state index contributed by atoms with van der Waals surface area (Å²) in [5.41, 5.74) is 6.74. The third-order valence-electron chi connectivity index (χ3n) is 3.25. The second-order valence-corrected chi connectivity index (χ2v) is 4.26. The van der Waals surface area contributed by atoms with Crippen molar-refractivity contribution in [2.45, 2.75) is 38.3 Å². The minimum atomic E-state index is 0.556. The molecule has 1 saturated carbocycles. The molecule has 15 heavy (non-hydrogen) atoms. The average Bonchev–Trinajstić information content (AvgIpc) is 2.79. The zero-order valence-corrected chi connectivity index (χ0v) is 8.98. The van der Waals surface area contributed by atoms with Gasteiger partial charge in [0, 0.05) is 18.7 Å². The summed E-state index contributed by atoms with van der Waals surface area (Å²) in [5.74, 6) is 0.630. The minimum absolute atomic E-state index is 0.556. The van der Waals surface area contributed by atoms with Gasteiger partial charge in [-0.05, 0) is 25.3 Å². The molecule has 0 saturated heterocycles. The van der Waals surface area contributed by atoms with Crippen molar-refractivity contribution in [2.75, 3.05) is 6.54 Å². The molecular weight excluding hydrogens is 190 g/mol. The van der Waals surface area contributed by atoms with Crippen LogP contribution >= 0.6 is 0 Å². The summed E-state index contributed by atoms with van der Waals surface area (Å²) in [4.78, 5) is 0. The lowest BCUT2D eigenvalue weighted by atomic mass is 9.84. The van der Waals surface area contributed by atoms with Gasteiger partial charge in [0.25, 0.3) is 0 Å². The molecular formula is C11H19N3O. The molecule has 4 heteroatoms. The Balaban J connectivity index is 1.81. The lowest BCUT2D eigenvalue weighted by molar-refractivity contribution is 0.264. The average molecular weight is 209 g/mol. The van der Waals surface area contributed by atoms with Crippen LogP contribution in [0, 0.1) is 5.92 Å². The van der Waals surface area contributed by atoms with E-state index in [2.05, 4.69) is 10.5 Å². The third-order valence-corrected chi connectivity index (χ3v) is 3.25. The predicted octanol–water partition coefficient (Wildman–Crippen LogP) is 1.28. The first-order chi connectivity index (χ1) is 7.40. The predicted molar refractivity (Wildman–Crippen MR) is 58.1 cm³/mol. The Morgan fingerprint density at radius 1 is 1.47 bits per heavy atom. The molecule has 1 aliphatic rings. The van der Waals surface area contributed by atoms with Crippen LogP contribution in [-0.2, 0) is 6.54 Å². The van der Waals surface area contributed by atoms with Crippen molar-refractivity contribution in [1.82, 2.24) is 10.5 Å². The van der Waals surface area contributed by atoms with Crippen LogP contribution in [-0.4, -0.2) is 17.7 Å². The van der Waals surface area contributed by atoms with Crippen molar-refractivity contribution in [1.29, 1.82) is 0 Å². The van der Waals surface area contributed by atoms with Crippen LogP contribution in [0.15, 0.2) is 16.9 Å². The van der Waals surface area contributed by atoms with Gasteiger partial charge >= 0.3 is 0 Å². The van der Waals surface area contributed by atoms with Crippen LogP contribution in [0.2, 0.25) is 0 Å². The van der Waals surface area contributed by atoms with E-state index in [4.69, 9.17) is 10.3 Å². The van der Waals surface area contributed by atoms with Gasteiger partial charge in [-0.3, -0.25) is 0 Å². The maximum Gasteiger partial charge on any atom is 0.124 e. The summed E-state index contributed by atoms with van der Waals surface area (Å²) in [5, 5.41) is 7.41. The topological polar surface area (TPSA) is 64.1 Å². The molecule has 1 aromatic rings. The maximum atomic E-state index is 5.77. The van der Waals surface area contributed by atoms with E-state index in [-0.39, 0.29) is 0 Å². The second-order valence-electron chi connectivity index (χ2n) is 4.26. The molecule has 0 amide bonds. The Morgan fingerprint density at radius 2 is 2.33 bits per heavy atom. The molecule has 1 fully saturated rings. The van der Waals surface area contributed by atoms with E-state index in [1.165, 1.54) is 25.7 Å². The monoisotopic (exact) mass is 209 g/mol.